The molecule has 0 spiro atoms. The molecule has 0 saturated heterocycles. The zero-order chi connectivity index (χ0) is 9.23. The van der Waals surface area contributed by atoms with Crippen molar-refractivity contribution in [3.8, 4) is 0 Å². The molecule has 0 aliphatic carbocycles. The lowest BCUT2D eigenvalue weighted by molar-refractivity contribution is -0.118. The average Bonchev–Trinajstić information content (AvgIpc) is 2.02. The van der Waals surface area contributed by atoms with Crippen LogP contribution in [0.1, 0.15) is 44.9 Å². The van der Waals surface area contributed by atoms with Gasteiger partial charge >= 0.3 is 0 Å². The fourth-order valence-corrected chi connectivity index (χ4v) is 1.28. The highest BCUT2D eigenvalue weighted by Gasteiger charge is 1.94. The van der Waals surface area contributed by atoms with Crippen molar-refractivity contribution in [2.75, 3.05) is 5.88 Å². The van der Waals surface area contributed by atoms with E-state index in [-0.39, 0.29) is 0 Å². The first-order chi connectivity index (χ1) is 5.77. The maximum atomic E-state index is 10.2. The molecule has 0 atom stereocenters. The van der Waals surface area contributed by atoms with Crippen molar-refractivity contribution in [1.29, 1.82) is 0 Å². The summed E-state index contributed by atoms with van der Waals surface area (Å²) in [5.41, 5.74) is 6.67. The Labute approximate surface area is 79.5 Å². The maximum absolute atomic E-state index is 10.2. The summed E-state index contributed by atoms with van der Waals surface area (Å²) in [5.74, 6) is 0.321. The van der Waals surface area contributed by atoms with Gasteiger partial charge in [0, 0.05) is 12.3 Å². The van der Waals surface area contributed by atoms with Crippen molar-refractivity contribution in [3.05, 3.63) is 0 Å². The van der Waals surface area contributed by atoms with Crippen LogP contribution in [0.2, 0.25) is 0 Å². The summed E-state index contributed by atoms with van der Waals surface area (Å²) in [4.78, 5) is 10.2. The van der Waals surface area contributed by atoms with Crippen LogP contribution in [-0.4, -0.2) is 11.8 Å². The molecule has 0 aromatic rings. The average molecular weight is 191 g/mol. The molecular formula is C9H17ClNO. The van der Waals surface area contributed by atoms with Crippen LogP contribution in [0.3, 0.4) is 0 Å². The predicted molar refractivity (Wildman–Crippen MR) is 51.1 cm³/mol. The van der Waals surface area contributed by atoms with E-state index in [1.54, 1.807) is 0 Å². The van der Waals surface area contributed by atoms with Crippen molar-refractivity contribution in [1.82, 2.24) is 5.73 Å². The van der Waals surface area contributed by atoms with Gasteiger partial charge in [-0.2, -0.15) is 0 Å². The number of halogens is 1. The second kappa shape index (κ2) is 8.85. The summed E-state index contributed by atoms with van der Waals surface area (Å²) < 4.78 is 0. The molecule has 0 unspecified atom stereocenters. The topological polar surface area (TPSA) is 40.9 Å². The van der Waals surface area contributed by atoms with E-state index >= 15 is 0 Å². The van der Waals surface area contributed by atoms with Gasteiger partial charge in [-0.15, -0.1) is 11.6 Å². The van der Waals surface area contributed by atoms with Crippen molar-refractivity contribution in [2.45, 2.75) is 44.9 Å². The number of nitrogens with one attached hydrogen (secondary N) is 1. The molecule has 0 saturated carbocycles. The third kappa shape index (κ3) is 9.76. The molecule has 12 heavy (non-hydrogen) atoms. The van der Waals surface area contributed by atoms with Crippen LogP contribution in [0, 0.1) is 0 Å². The van der Waals surface area contributed by atoms with Crippen LogP contribution in [0.25, 0.3) is 0 Å². The first-order valence-corrected chi connectivity index (χ1v) is 5.11. The van der Waals surface area contributed by atoms with Gasteiger partial charge in [-0.05, 0) is 12.8 Å². The third-order valence-corrected chi connectivity index (χ3v) is 2.05. The fourth-order valence-electron chi connectivity index (χ4n) is 1.09. The van der Waals surface area contributed by atoms with Crippen molar-refractivity contribution in [2.24, 2.45) is 0 Å². The zero-order valence-corrected chi connectivity index (χ0v) is 8.20. The quantitative estimate of drug-likeness (QED) is 0.429. The fraction of sp³-hybridized carbons (Fsp3) is 0.889. The second-order valence-corrected chi connectivity index (χ2v) is 3.36. The van der Waals surface area contributed by atoms with E-state index in [0.29, 0.717) is 6.42 Å². The Morgan fingerprint density at radius 2 is 1.50 bits per heavy atom. The van der Waals surface area contributed by atoms with Crippen LogP contribution in [0.5, 0.6) is 0 Å². The van der Waals surface area contributed by atoms with Crippen LogP contribution in [-0.2, 0) is 4.79 Å². The Bertz CT molecular complexity index is 117. The van der Waals surface area contributed by atoms with E-state index in [0.717, 1.165) is 25.1 Å². The predicted octanol–water partition coefficient (Wildman–Crippen LogP) is 2.77. The smallest absolute Gasteiger partial charge is 0.238 e. The number of unbranched alkanes of at least 4 members (excludes halogenated alkanes) is 5. The Kier molecular flexibility index (Phi) is 8.68. The number of carbonyl (C=O) groups is 1. The van der Waals surface area contributed by atoms with E-state index in [2.05, 4.69) is 0 Å². The lowest BCUT2D eigenvalue weighted by Gasteiger charge is -1.98. The van der Waals surface area contributed by atoms with E-state index in [9.17, 15) is 4.79 Å². The molecule has 1 radical (unpaired) electrons. The van der Waals surface area contributed by atoms with Gasteiger partial charge in [0.05, 0.1) is 0 Å². The number of rotatable bonds is 8. The number of hydrogen-bond donors (Lipinski definition) is 0. The molecule has 2 nitrogen and oxygen atoms in total. The van der Waals surface area contributed by atoms with Gasteiger partial charge in [0.15, 0.2) is 0 Å². The number of hydrogen-bond acceptors (Lipinski definition) is 1. The Morgan fingerprint density at radius 3 is 2.00 bits per heavy atom. The van der Waals surface area contributed by atoms with Gasteiger partial charge in [0.2, 0.25) is 5.91 Å². The highest BCUT2D eigenvalue weighted by atomic mass is 35.5. The monoisotopic (exact) mass is 190 g/mol. The molecule has 0 heterocycles. The molecule has 1 N–H and O–H groups in total. The summed E-state index contributed by atoms with van der Waals surface area (Å²) in [6.45, 7) is 0. The molecule has 0 rings (SSSR count). The van der Waals surface area contributed by atoms with E-state index in [1.807, 2.05) is 0 Å². The molecule has 0 aromatic carbocycles. The minimum absolute atomic E-state index is 0.426. The largest absolute Gasteiger partial charge is 0.273 e. The van der Waals surface area contributed by atoms with Gasteiger partial charge in [0.1, 0.15) is 0 Å². The molecule has 1 amide bonds. The molecule has 0 aliphatic rings. The molecule has 71 valence electrons. The first-order valence-electron chi connectivity index (χ1n) is 4.57. The minimum atomic E-state index is -0.434. The number of amides is 1. The van der Waals surface area contributed by atoms with Crippen molar-refractivity contribution < 1.29 is 4.79 Å². The Hall–Kier alpha value is -0.240. The van der Waals surface area contributed by atoms with Crippen molar-refractivity contribution in [3.63, 3.8) is 0 Å². The van der Waals surface area contributed by atoms with Gasteiger partial charge < -0.3 is 0 Å². The van der Waals surface area contributed by atoms with E-state index in [1.165, 1.54) is 19.3 Å². The van der Waals surface area contributed by atoms with Crippen LogP contribution in [0.15, 0.2) is 0 Å². The molecule has 3 heteroatoms. The first kappa shape index (κ1) is 11.8. The normalized spacial score (nSPS) is 10.1. The van der Waals surface area contributed by atoms with Gasteiger partial charge in [-0.3, -0.25) is 10.5 Å². The number of carbonyl (C=O) groups excluding carboxylic acids is 1. The summed E-state index contributed by atoms with van der Waals surface area (Å²) in [6.07, 6.45) is 7.05. The summed E-state index contributed by atoms with van der Waals surface area (Å²) in [7, 11) is 0. The lowest BCUT2D eigenvalue weighted by Crippen LogP contribution is -1.96. The maximum Gasteiger partial charge on any atom is 0.238 e. The van der Waals surface area contributed by atoms with E-state index in [4.69, 9.17) is 17.3 Å². The molecule has 0 aromatic heterocycles. The lowest BCUT2D eigenvalue weighted by atomic mass is 10.1. The summed E-state index contributed by atoms with van der Waals surface area (Å²) in [6, 6.07) is 0. The second-order valence-electron chi connectivity index (χ2n) is 2.98. The summed E-state index contributed by atoms with van der Waals surface area (Å²) in [5, 5.41) is 0. The Morgan fingerprint density at radius 1 is 1.00 bits per heavy atom. The van der Waals surface area contributed by atoms with Gasteiger partial charge in [-0.25, -0.2) is 0 Å². The van der Waals surface area contributed by atoms with Crippen LogP contribution < -0.4 is 5.73 Å². The number of alkyl halides is 1. The molecular weight excluding hydrogens is 174 g/mol. The standard InChI is InChI=1S/C9H17ClNO/c10-8-6-4-2-1-3-5-7-9(11)12/h11H,1-8H2. The minimum Gasteiger partial charge on any atom is -0.273 e. The third-order valence-electron chi connectivity index (χ3n) is 1.79. The van der Waals surface area contributed by atoms with Gasteiger partial charge in [0.25, 0.3) is 0 Å². The highest BCUT2D eigenvalue weighted by Crippen LogP contribution is 2.07. The van der Waals surface area contributed by atoms with Gasteiger partial charge in [-0.1, -0.05) is 25.7 Å². The van der Waals surface area contributed by atoms with Crippen LogP contribution >= 0.6 is 11.6 Å². The molecule has 0 bridgehead atoms. The SMILES string of the molecule is [NH]C(=O)CCCCCCCCCl. The molecule has 0 aliphatic heterocycles. The van der Waals surface area contributed by atoms with Crippen LogP contribution in [0.4, 0.5) is 0 Å². The highest BCUT2D eigenvalue weighted by molar-refractivity contribution is 6.17. The van der Waals surface area contributed by atoms with E-state index < -0.39 is 5.91 Å². The van der Waals surface area contributed by atoms with Crippen molar-refractivity contribution >= 4 is 17.5 Å². The summed E-state index contributed by atoms with van der Waals surface area (Å²) >= 11 is 5.51. The molecule has 0 fully saturated rings. The Balaban J connectivity index is 2.86. The zero-order valence-electron chi connectivity index (χ0n) is 7.44.